The number of phenols is 1. The van der Waals surface area contributed by atoms with E-state index in [-0.39, 0.29) is 17.9 Å². The van der Waals surface area contributed by atoms with Crippen LogP contribution in [0.5, 0.6) is 11.5 Å². The number of ether oxygens (including phenoxy) is 3. The molecule has 1 rings (SSSR count). The van der Waals surface area contributed by atoms with E-state index in [0.29, 0.717) is 0 Å². The highest BCUT2D eigenvalue weighted by Crippen LogP contribution is 2.18. The molecule has 0 bridgehead atoms. The lowest BCUT2D eigenvalue weighted by Crippen LogP contribution is -2.30. The van der Waals surface area contributed by atoms with Crippen LogP contribution in [0.2, 0.25) is 0 Å². The summed E-state index contributed by atoms with van der Waals surface area (Å²) in [7, 11) is 1.17. The normalized spacial score (nSPS) is 11.7. The predicted molar refractivity (Wildman–Crippen MR) is 75.1 cm³/mol. The number of hydrogen-bond acceptors (Lipinski definition) is 7. The van der Waals surface area contributed by atoms with Gasteiger partial charge in [-0.3, -0.25) is 0 Å². The van der Waals surface area contributed by atoms with Gasteiger partial charge in [-0.05, 0) is 18.6 Å². The van der Waals surface area contributed by atoms with Gasteiger partial charge in [0.25, 0.3) is 0 Å². The average molecular weight is 308 g/mol. The summed E-state index contributed by atoms with van der Waals surface area (Å²) in [5, 5.41) is 9.28. The second-order valence-corrected chi connectivity index (χ2v) is 4.11. The van der Waals surface area contributed by atoms with E-state index in [1.807, 2.05) is 0 Å². The van der Waals surface area contributed by atoms with Gasteiger partial charge in [-0.1, -0.05) is 13.0 Å². The Bertz CT molecular complexity index is 577. The number of aromatic hydroxyl groups is 1. The van der Waals surface area contributed by atoms with Gasteiger partial charge in [0.15, 0.2) is 6.10 Å². The van der Waals surface area contributed by atoms with Crippen LogP contribution in [0.4, 0.5) is 0 Å². The molecule has 0 saturated heterocycles. The van der Waals surface area contributed by atoms with Crippen molar-refractivity contribution in [1.29, 1.82) is 0 Å². The van der Waals surface area contributed by atoms with Crippen LogP contribution in [0, 0.1) is 0 Å². The third-order valence-electron chi connectivity index (χ3n) is 2.48. The molecular formula is C15H16O7. The number of benzene rings is 1. The molecule has 0 radical (unpaired) electrons. The first kappa shape index (κ1) is 17.2. The van der Waals surface area contributed by atoms with E-state index in [0.717, 1.165) is 12.2 Å². The molecule has 1 atom stereocenters. The Morgan fingerprint density at radius 3 is 2.50 bits per heavy atom. The van der Waals surface area contributed by atoms with E-state index in [2.05, 4.69) is 4.74 Å². The standard InChI is InChI=1S/C15H16O7/c1-3-12(22-14(18)8-7-13(17)20-2)15(19)21-11-6-4-5-10(16)9-11/h4-9,12,16H,3H2,1-2H3. The topological polar surface area (TPSA) is 99.1 Å². The molecule has 0 aliphatic carbocycles. The molecule has 22 heavy (non-hydrogen) atoms. The first-order valence-corrected chi connectivity index (χ1v) is 6.43. The van der Waals surface area contributed by atoms with Crippen LogP contribution in [0.25, 0.3) is 0 Å². The Morgan fingerprint density at radius 2 is 1.91 bits per heavy atom. The maximum atomic E-state index is 11.9. The molecule has 118 valence electrons. The number of carbonyl (C=O) groups excluding carboxylic acids is 3. The third kappa shape index (κ3) is 5.66. The van der Waals surface area contributed by atoms with Crippen molar-refractivity contribution in [3.63, 3.8) is 0 Å². The maximum Gasteiger partial charge on any atom is 0.352 e. The van der Waals surface area contributed by atoms with Crippen molar-refractivity contribution in [2.24, 2.45) is 0 Å². The molecule has 0 fully saturated rings. The lowest BCUT2D eigenvalue weighted by Gasteiger charge is -2.14. The average Bonchev–Trinajstić information content (AvgIpc) is 2.50. The van der Waals surface area contributed by atoms with Gasteiger partial charge < -0.3 is 19.3 Å². The highest BCUT2D eigenvalue weighted by molar-refractivity contribution is 5.92. The van der Waals surface area contributed by atoms with Crippen LogP contribution in [0.1, 0.15) is 13.3 Å². The highest BCUT2D eigenvalue weighted by atomic mass is 16.6. The maximum absolute atomic E-state index is 11.9. The number of carbonyl (C=O) groups is 3. The van der Waals surface area contributed by atoms with Gasteiger partial charge in [-0.2, -0.15) is 0 Å². The van der Waals surface area contributed by atoms with E-state index >= 15 is 0 Å². The van der Waals surface area contributed by atoms with Gasteiger partial charge in [0.1, 0.15) is 11.5 Å². The van der Waals surface area contributed by atoms with E-state index < -0.39 is 24.0 Å². The zero-order chi connectivity index (χ0) is 16.5. The Morgan fingerprint density at radius 1 is 1.23 bits per heavy atom. The zero-order valence-corrected chi connectivity index (χ0v) is 12.1. The summed E-state index contributed by atoms with van der Waals surface area (Å²) in [4.78, 5) is 34.2. The molecular weight excluding hydrogens is 292 g/mol. The van der Waals surface area contributed by atoms with Crippen molar-refractivity contribution in [2.45, 2.75) is 19.4 Å². The predicted octanol–water partition coefficient (Wildman–Crippen LogP) is 1.35. The van der Waals surface area contributed by atoms with E-state index in [1.54, 1.807) is 6.92 Å². The number of phenolic OH excluding ortho intramolecular Hbond substituents is 1. The molecule has 0 aromatic heterocycles. The van der Waals surface area contributed by atoms with Gasteiger partial charge in [-0.15, -0.1) is 0 Å². The summed E-state index contributed by atoms with van der Waals surface area (Å²) in [6, 6.07) is 5.66. The van der Waals surface area contributed by atoms with Gasteiger partial charge >= 0.3 is 17.9 Å². The monoisotopic (exact) mass is 308 g/mol. The number of hydrogen-bond donors (Lipinski definition) is 1. The fraction of sp³-hybridized carbons (Fsp3) is 0.267. The van der Waals surface area contributed by atoms with Crippen LogP contribution < -0.4 is 4.74 Å². The lowest BCUT2D eigenvalue weighted by molar-refractivity contribution is -0.159. The van der Waals surface area contributed by atoms with Crippen molar-refractivity contribution in [3.05, 3.63) is 36.4 Å². The second kappa shape index (κ2) is 8.46. The van der Waals surface area contributed by atoms with Crippen molar-refractivity contribution < 1.29 is 33.7 Å². The highest BCUT2D eigenvalue weighted by Gasteiger charge is 2.22. The zero-order valence-electron chi connectivity index (χ0n) is 12.1. The van der Waals surface area contributed by atoms with Gasteiger partial charge in [0.05, 0.1) is 7.11 Å². The number of methoxy groups -OCH3 is 1. The molecule has 1 N–H and O–H groups in total. The molecule has 7 heteroatoms. The minimum atomic E-state index is -1.13. The number of esters is 3. The molecule has 0 spiro atoms. The molecule has 0 amide bonds. The van der Waals surface area contributed by atoms with Gasteiger partial charge in [-0.25, -0.2) is 14.4 Å². The largest absolute Gasteiger partial charge is 0.508 e. The third-order valence-corrected chi connectivity index (χ3v) is 2.48. The summed E-state index contributed by atoms with van der Waals surface area (Å²) in [5.74, 6) is -2.30. The first-order valence-electron chi connectivity index (χ1n) is 6.43. The lowest BCUT2D eigenvalue weighted by atomic mass is 10.2. The van der Waals surface area contributed by atoms with Crippen LogP contribution in [0.3, 0.4) is 0 Å². The summed E-state index contributed by atoms with van der Waals surface area (Å²) in [5.41, 5.74) is 0. The van der Waals surface area contributed by atoms with E-state index in [9.17, 15) is 19.5 Å². The molecule has 0 heterocycles. The molecule has 1 aromatic carbocycles. The van der Waals surface area contributed by atoms with Crippen molar-refractivity contribution in [1.82, 2.24) is 0 Å². The minimum absolute atomic E-state index is 0.0589. The molecule has 0 aliphatic rings. The smallest absolute Gasteiger partial charge is 0.352 e. The quantitative estimate of drug-likeness (QED) is 0.481. The van der Waals surface area contributed by atoms with Crippen LogP contribution in [-0.2, 0) is 23.9 Å². The number of rotatable bonds is 6. The van der Waals surface area contributed by atoms with Crippen molar-refractivity contribution >= 4 is 17.9 Å². The molecule has 7 nitrogen and oxygen atoms in total. The van der Waals surface area contributed by atoms with Crippen molar-refractivity contribution in [3.8, 4) is 11.5 Å². The van der Waals surface area contributed by atoms with Gasteiger partial charge in [0, 0.05) is 18.2 Å². The first-order chi connectivity index (χ1) is 10.5. The molecule has 0 aliphatic heterocycles. The van der Waals surface area contributed by atoms with E-state index in [4.69, 9.17) is 9.47 Å². The Hall–Kier alpha value is -2.83. The second-order valence-electron chi connectivity index (χ2n) is 4.11. The summed E-state index contributed by atoms with van der Waals surface area (Å²) in [6.07, 6.45) is 0.804. The fourth-order valence-electron chi connectivity index (χ4n) is 1.41. The molecule has 1 aromatic rings. The molecule has 0 saturated carbocycles. The SMILES string of the molecule is CCC(OC(=O)C=CC(=O)OC)C(=O)Oc1cccc(O)c1. The fourth-order valence-corrected chi connectivity index (χ4v) is 1.41. The van der Waals surface area contributed by atoms with Crippen molar-refractivity contribution in [2.75, 3.05) is 7.11 Å². The van der Waals surface area contributed by atoms with Crippen LogP contribution in [-0.4, -0.2) is 36.2 Å². The summed E-state index contributed by atoms with van der Waals surface area (Å²) in [6.45, 7) is 1.63. The van der Waals surface area contributed by atoms with E-state index in [1.165, 1.54) is 31.4 Å². The van der Waals surface area contributed by atoms with Crippen LogP contribution in [0.15, 0.2) is 36.4 Å². The summed E-state index contributed by atoms with van der Waals surface area (Å²) < 4.78 is 14.2. The summed E-state index contributed by atoms with van der Waals surface area (Å²) >= 11 is 0. The Kier molecular flexibility index (Phi) is 6.62. The van der Waals surface area contributed by atoms with Crippen LogP contribution >= 0.6 is 0 Å². The molecule has 1 unspecified atom stereocenters. The minimum Gasteiger partial charge on any atom is -0.508 e. The Labute approximate surface area is 127 Å². The Balaban J connectivity index is 2.63. The van der Waals surface area contributed by atoms with Gasteiger partial charge in [0.2, 0.25) is 0 Å².